The second kappa shape index (κ2) is 13.4. The minimum Gasteiger partial charge on any atom is -0.352 e. The molecule has 226 valence electrons. The van der Waals surface area contributed by atoms with Gasteiger partial charge < -0.3 is 20.4 Å². The van der Waals surface area contributed by atoms with E-state index in [-0.39, 0.29) is 49.7 Å². The van der Waals surface area contributed by atoms with Crippen LogP contribution in [0.15, 0.2) is 60.7 Å². The van der Waals surface area contributed by atoms with E-state index in [4.69, 9.17) is 0 Å². The van der Waals surface area contributed by atoms with Gasteiger partial charge in [0.2, 0.25) is 11.8 Å². The number of rotatable bonds is 4. The van der Waals surface area contributed by atoms with Crippen LogP contribution in [0.3, 0.4) is 0 Å². The number of pyridine rings is 1. The van der Waals surface area contributed by atoms with Gasteiger partial charge in [-0.25, -0.2) is 4.98 Å². The van der Waals surface area contributed by atoms with E-state index in [1.807, 2.05) is 54.6 Å². The van der Waals surface area contributed by atoms with Crippen molar-refractivity contribution in [1.82, 2.24) is 25.4 Å². The first-order valence-electron chi connectivity index (χ1n) is 15.4. The maximum Gasteiger partial charge on any atom is 0.272 e. The van der Waals surface area contributed by atoms with Crippen LogP contribution in [0.1, 0.15) is 67.6 Å². The summed E-state index contributed by atoms with van der Waals surface area (Å²) in [5.74, 6) is -0.677. The lowest BCUT2D eigenvalue weighted by atomic mass is 9.75. The highest BCUT2D eigenvalue weighted by Crippen LogP contribution is 2.36. The minimum atomic E-state index is -1.25. The van der Waals surface area contributed by atoms with E-state index in [0.29, 0.717) is 37.5 Å². The van der Waals surface area contributed by atoms with Crippen LogP contribution in [0.25, 0.3) is 10.9 Å². The first-order chi connectivity index (χ1) is 20.8. The SMILES string of the molecule is CC(C)CCN1CC(=O)NC2(CCCc3ccccc32)C(=O)NCCN(C(=O)c2ccc3ccccc3n2)CCCC1=O. The van der Waals surface area contributed by atoms with Crippen molar-refractivity contribution in [2.24, 2.45) is 5.92 Å². The number of fused-ring (bicyclic) bond motifs is 3. The van der Waals surface area contributed by atoms with E-state index >= 15 is 0 Å². The maximum atomic E-state index is 14.0. The molecule has 5 rings (SSSR count). The highest BCUT2D eigenvalue weighted by atomic mass is 16.2. The summed E-state index contributed by atoms with van der Waals surface area (Å²) in [6.07, 6.45) is 3.40. The molecule has 1 aromatic heterocycles. The zero-order valence-corrected chi connectivity index (χ0v) is 25.1. The monoisotopic (exact) mass is 583 g/mol. The van der Waals surface area contributed by atoms with Crippen LogP contribution in [0.4, 0.5) is 0 Å². The molecule has 1 aliphatic heterocycles. The number of hydrogen-bond acceptors (Lipinski definition) is 5. The molecule has 1 saturated heterocycles. The number of carbonyl (C=O) groups excluding carboxylic acids is 4. The van der Waals surface area contributed by atoms with Gasteiger partial charge in [0.05, 0.1) is 12.1 Å². The van der Waals surface area contributed by atoms with Gasteiger partial charge in [0.15, 0.2) is 0 Å². The molecule has 2 aromatic carbocycles. The second-order valence-corrected chi connectivity index (χ2v) is 12.0. The molecule has 1 fully saturated rings. The van der Waals surface area contributed by atoms with Gasteiger partial charge >= 0.3 is 0 Å². The number of aromatic nitrogens is 1. The average Bonchev–Trinajstić information content (AvgIpc) is 3.01. The summed E-state index contributed by atoms with van der Waals surface area (Å²) >= 11 is 0. The highest BCUT2D eigenvalue weighted by Gasteiger charge is 2.44. The van der Waals surface area contributed by atoms with Crippen molar-refractivity contribution in [1.29, 1.82) is 0 Å². The van der Waals surface area contributed by atoms with Crippen molar-refractivity contribution in [2.45, 2.75) is 57.9 Å². The first kappa shape index (κ1) is 30.2. The number of benzene rings is 2. The second-order valence-electron chi connectivity index (χ2n) is 12.0. The van der Waals surface area contributed by atoms with Crippen LogP contribution in [0, 0.1) is 5.92 Å². The molecule has 0 bridgehead atoms. The van der Waals surface area contributed by atoms with Crippen LogP contribution < -0.4 is 10.6 Å². The molecule has 3 aromatic rings. The Hall–Kier alpha value is -4.27. The Morgan fingerprint density at radius 2 is 1.74 bits per heavy atom. The number of nitrogens with one attached hydrogen (secondary N) is 2. The predicted octanol–water partition coefficient (Wildman–Crippen LogP) is 3.81. The number of nitrogens with zero attached hydrogens (tertiary/aromatic N) is 3. The van der Waals surface area contributed by atoms with Crippen LogP contribution >= 0.6 is 0 Å². The fourth-order valence-corrected chi connectivity index (χ4v) is 6.11. The smallest absolute Gasteiger partial charge is 0.272 e. The molecule has 2 heterocycles. The van der Waals surface area contributed by atoms with Gasteiger partial charge in [-0.1, -0.05) is 62.4 Å². The quantitative estimate of drug-likeness (QED) is 0.485. The number of para-hydroxylation sites is 1. The summed E-state index contributed by atoms with van der Waals surface area (Å²) in [5.41, 5.74) is 1.61. The molecule has 43 heavy (non-hydrogen) atoms. The van der Waals surface area contributed by atoms with E-state index in [1.165, 1.54) is 0 Å². The lowest BCUT2D eigenvalue weighted by Gasteiger charge is -2.39. The Balaban J connectivity index is 1.44. The largest absolute Gasteiger partial charge is 0.352 e. The van der Waals surface area contributed by atoms with Crippen molar-refractivity contribution < 1.29 is 19.2 Å². The molecule has 2 aliphatic rings. The Morgan fingerprint density at radius 3 is 2.58 bits per heavy atom. The zero-order chi connectivity index (χ0) is 30.4. The Labute approximate surface area is 253 Å². The Kier molecular flexibility index (Phi) is 9.38. The summed E-state index contributed by atoms with van der Waals surface area (Å²) in [5, 5.41) is 7.05. The van der Waals surface area contributed by atoms with E-state index in [0.717, 1.165) is 41.3 Å². The van der Waals surface area contributed by atoms with Crippen LogP contribution in [0.5, 0.6) is 0 Å². The standard InChI is InChI=1S/C34H41N5O4/c1-24(2)17-21-39-23-30(40)37-34(18-7-11-25-9-3-5-12-27(25)34)33(43)35-19-22-38(20-8-14-31(39)41)32(42)29-16-15-26-10-4-6-13-28(26)36-29/h3-6,9-10,12-13,15-16,24H,7-8,11,14,17-23H2,1-2H3,(H,35,43)(H,37,40). The van der Waals surface area contributed by atoms with Crippen LogP contribution in [-0.4, -0.2) is 71.1 Å². The van der Waals surface area contributed by atoms with E-state index in [2.05, 4.69) is 29.5 Å². The fraction of sp³-hybridized carbons (Fsp3) is 0.441. The van der Waals surface area contributed by atoms with E-state index in [1.54, 1.807) is 15.9 Å². The Morgan fingerprint density at radius 1 is 0.953 bits per heavy atom. The van der Waals surface area contributed by atoms with Gasteiger partial charge in [0, 0.05) is 38.0 Å². The molecule has 9 heteroatoms. The molecular weight excluding hydrogens is 542 g/mol. The molecule has 1 spiro atoms. The third-order valence-corrected chi connectivity index (χ3v) is 8.47. The summed E-state index contributed by atoms with van der Waals surface area (Å²) in [7, 11) is 0. The molecule has 1 aliphatic carbocycles. The van der Waals surface area contributed by atoms with Gasteiger partial charge in [0.25, 0.3) is 11.8 Å². The summed E-state index contributed by atoms with van der Waals surface area (Å²) in [4.78, 5) is 62.5. The first-order valence-corrected chi connectivity index (χ1v) is 15.4. The van der Waals surface area contributed by atoms with E-state index in [9.17, 15) is 19.2 Å². The third-order valence-electron chi connectivity index (χ3n) is 8.47. The van der Waals surface area contributed by atoms with Gasteiger partial charge in [-0.3, -0.25) is 19.2 Å². The normalized spacial score (nSPS) is 20.5. The highest BCUT2D eigenvalue weighted by molar-refractivity contribution is 5.96. The zero-order valence-electron chi connectivity index (χ0n) is 25.1. The average molecular weight is 584 g/mol. The minimum absolute atomic E-state index is 0.119. The van der Waals surface area contributed by atoms with Crippen LogP contribution in [0.2, 0.25) is 0 Å². The molecule has 0 saturated carbocycles. The third kappa shape index (κ3) is 6.87. The van der Waals surface area contributed by atoms with Crippen molar-refractivity contribution >= 4 is 34.5 Å². The van der Waals surface area contributed by atoms with E-state index < -0.39 is 5.54 Å². The maximum absolute atomic E-state index is 14.0. The van der Waals surface area contributed by atoms with Gasteiger partial charge in [-0.2, -0.15) is 0 Å². The topological polar surface area (TPSA) is 112 Å². The van der Waals surface area contributed by atoms with Gasteiger partial charge in [0.1, 0.15) is 11.2 Å². The predicted molar refractivity (Wildman–Crippen MR) is 165 cm³/mol. The summed E-state index contributed by atoms with van der Waals surface area (Å²) < 4.78 is 0. The Bertz CT molecular complexity index is 1500. The lowest BCUT2D eigenvalue weighted by Crippen LogP contribution is -2.60. The van der Waals surface area contributed by atoms with Gasteiger partial charge in [-0.05, 0) is 61.3 Å². The molecule has 1 unspecified atom stereocenters. The fourth-order valence-electron chi connectivity index (χ4n) is 6.11. The summed E-state index contributed by atoms with van der Waals surface area (Å²) in [6.45, 7) is 5.26. The molecule has 9 nitrogen and oxygen atoms in total. The molecular formula is C34H41N5O4. The van der Waals surface area contributed by atoms with Crippen molar-refractivity contribution in [3.8, 4) is 0 Å². The molecule has 4 amide bonds. The number of carbonyl (C=O) groups is 4. The number of hydrogen-bond donors (Lipinski definition) is 2. The number of aryl methyl sites for hydroxylation is 1. The molecule has 0 radical (unpaired) electrons. The van der Waals surface area contributed by atoms with Gasteiger partial charge in [-0.15, -0.1) is 0 Å². The van der Waals surface area contributed by atoms with Crippen molar-refractivity contribution in [3.05, 3.63) is 77.5 Å². The van der Waals surface area contributed by atoms with Crippen molar-refractivity contribution in [2.75, 3.05) is 32.7 Å². The van der Waals surface area contributed by atoms with Crippen LogP contribution in [-0.2, 0) is 26.3 Å². The molecule has 2 N–H and O–H groups in total. The van der Waals surface area contributed by atoms with Crippen molar-refractivity contribution in [3.63, 3.8) is 0 Å². The summed E-state index contributed by atoms with van der Waals surface area (Å²) in [6, 6.07) is 19.0. The number of amides is 4. The molecule has 1 atom stereocenters. The lowest BCUT2D eigenvalue weighted by molar-refractivity contribution is -0.139.